The van der Waals surface area contributed by atoms with Crippen LogP contribution in [0.15, 0.2) is 11.2 Å². The number of ether oxygens (including phenoxy) is 1. The lowest BCUT2D eigenvalue weighted by Crippen LogP contribution is -2.35. The highest BCUT2D eigenvalue weighted by Crippen LogP contribution is 2.38. The van der Waals surface area contributed by atoms with E-state index in [1.165, 1.54) is 11.8 Å². The first-order chi connectivity index (χ1) is 14.4. The molecular formula is C20H21N7O2S. The topological polar surface area (TPSA) is 121 Å². The Balaban J connectivity index is 1.74. The standard InChI is InChI=1S/C20H21N7O2S/c1-5-6-22-18(28)14-7-12-15-17(24-20(21)25-19(15)30-14)27(26-12)9-13-11(3)16(29-4)10(2)8-23-13/h1,8,14H,6-7,9H2,2-4H3,(H,22,28)(H2,21,24,25). The van der Waals surface area contributed by atoms with Gasteiger partial charge >= 0.3 is 0 Å². The minimum atomic E-state index is -0.383. The molecule has 154 valence electrons. The molecule has 0 bridgehead atoms. The molecule has 0 radical (unpaired) electrons. The second kappa shape index (κ2) is 7.84. The Morgan fingerprint density at radius 2 is 2.27 bits per heavy atom. The maximum Gasteiger partial charge on any atom is 0.234 e. The lowest BCUT2D eigenvalue weighted by Gasteiger charge is -2.19. The molecule has 3 aromatic rings. The van der Waals surface area contributed by atoms with Crippen LogP contribution in [0.1, 0.15) is 22.5 Å². The SMILES string of the molecule is C#CCNC(=O)C1Cc2nn(Cc3ncc(C)c(OC)c3C)c3nc(N)nc(c23)S1. The summed E-state index contributed by atoms with van der Waals surface area (Å²) >= 11 is 1.35. The van der Waals surface area contributed by atoms with Crippen LogP contribution in [-0.4, -0.2) is 49.5 Å². The number of aryl methyl sites for hydroxylation is 1. The highest BCUT2D eigenvalue weighted by atomic mass is 32.2. The zero-order valence-corrected chi connectivity index (χ0v) is 17.7. The number of aromatic nitrogens is 5. The van der Waals surface area contributed by atoms with Crippen LogP contribution >= 0.6 is 11.8 Å². The maximum atomic E-state index is 12.5. The van der Waals surface area contributed by atoms with Crippen molar-refractivity contribution >= 4 is 34.7 Å². The van der Waals surface area contributed by atoms with Crippen LogP contribution in [0.25, 0.3) is 11.0 Å². The van der Waals surface area contributed by atoms with Gasteiger partial charge in [-0.2, -0.15) is 10.1 Å². The van der Waals surface area contributed by atoms with Gasteiger partial charge in [0.15, 0.2) is 5.65 Å². The number of carbonyl (C=O) groups is 1. The number of terminal acetylenes is 1. The number of pyridine rings is 1. The van der Waals surface area contributed by atoms with E-state index < -0.39 is 0 Å². The van der Waals surface area contributed by atoms with Crippen molar-refractivity contribution in [3.63, 3.8) is 0 Å². The fourth-order valence-corrected chi connectivity index (χ4v) is 4.76. The summed E-state index contributed by atoms with van der Waals surface area (Å²) in [6.07, 6.45) is 7.48. The Kier molecular flexibility index (Phi) is 5.22. The van der Waals surface area contributed by atoms with Gasteiger partial charge in [-0.05, 0) is 13.8 Å². The molecule has 4 rings (SSSR count). The van der Waals surface area contributed by atoms with Gasteiger partial charge in [-0.1, -0.05) is 17.7 Å². The van der Waals surface area contributed by atoms with E-state index >= 15 is 0 Å². The van der Waals surface area contributed by atoms with Crippen molar-refractivity contribution in [2.24, 2.45) is 0 Å². The van der Waals surface area contributed by atoms with Crippen molar-refractivity contribution in [1.29, 1.82) is 0 Å². The Morgan fingerprint density at radius 3 is 3.00 bits per heavy atom. The molecule has 0 aliphatic carbocycles. The van der Waals surface area contributed by atoms with Crippen LogP contribution in [0, 0.1) is 26.2 Å². The van der Waals surface area contributed by atoms with Crippen LogP contribution in [0.5, 0.6) is 5.75 Å². The Hall–Kier alpha value is -3.32. The number of thioether (sulfide) groups is 1. The van der Waals surface area contributed by atoms with Crippen LogP contribution in [0.4, 0.5) is 5.95 Å². The van der Waals surface area contributed by atoms with Crippen molar-refractivity contribution in [3.05, 3.63) is 28.7 Å². The van der Waals surface area contributed by atoms with Gasteiger partial charge < -0.3 is 15.8 Å². The van der Waals surface area contributed by atoms with Crippen molar-refractivity contribution in [2.75, 3.05) is 19.4 Å². The highest BCUT2D eigenvalue weighted by Gasteiger charge is 2.32. The number of hydrogen-bond donors (Lipinski definition) is 2. The highest BCUT2D eigenvalue weighted by molar-refractivity contribution is 8.00. The molecule has 3 aromatic heterocycles. The first-order valence-electron chi connectivity index (χ1n) is 9.32. The Labute approximate surface area is 177 Å². The van der Waals surface area contributed by atoms with Crippen molar-refractivity contribution in [1.82, 2.24) is 30.0 Å². The van der Waals surface area contributed by atoms with E-state index in [0.29, 0.717) is 23.6 Å². The summed E-state index contributed by atoms with van der Waals surface area (Å²) in [4.78, 5) is 25.8. The monoisotopic (exact) mass is 423 g/mol. The predicted molar refractivity (Wildman–Crippen MR) is 114 cm³/mol. The molecule has 3 N–H and O–H groups in total. The van der Waals surface area contributed by atoms with E-state index in [9.17, 15) is 4.79 Å². The number of nitrogens with one attached hydrogen (secondary N) is 1. The average Bonchev–Trinajstić information content (AvgIpc) is 3.06. The van der Waals surface area contributed by atoms with Crippen LogP contribution in [0.3, 0.4) is 0 Å². The maximum absolute atomic E-state index is 12.5. The van der Waals surface area contributed by atoms with Crippen molar-refractivity contribution in [3.8, 4) is 18.1 Å². The minimum Gasteiger partial charge on any atom is -0.496 e. The van der Waals surface area contributed by atoms with Gasteiger partial charge in [0.25, 0.3) is 0 Å². The molecule has 0 saturated heterocycles. The second-order valence-electron chi connectivity index (χ2n) is 6.97. The number of nitrogens with two attached hydrogens (primary N) is 1. The smallest absolute Gasteiger partial charge is 0.234 e. The van der Waals surface area contributed by atoms with Crippen LogP contribution < -0.4 is 15.8 Å². The molecule has 30 heavy (non-hydrogen) atoms. The van der Waals surface area contributed by atoms with Crippen molar-refractivity contribution in [2.45, 2.75) is 37.1 Å². The molecule has 1 atom stereocenters. The van der Waals surface area contributed by atoms with Gasteiger partial charge in [-0.25, -0.2) is 9.67 Å². The molecule has 10 heteroatoms. The number of nitrogens with zero attached hydrogens (tertiary/aromatic N) is 5. The third-order valence-electron chi connectivity index (χ3n) is 4.99. The van der Waals surface area contributed by atoms with E-state index in [4.69, 9.17) is 22.0 Å². The van der Waals surface area contributed by atoms with Gasteiger partial charge in [0, 0.05) is 23.7 Å². The number of nitrogen functional groups attached to an aromatic ring is 1. The summed E-state index contributed by atoms with van der Waals surface area (Å²) in [5.74, 6) is 3.20. The lowest BCUT2D eigenvalue weighted by atomic mass is 10.1. The first kappa shape index (κ1) is 20.0. The van der Waals surface area contributed by atoms with Gasteiger partial charge in [-0.15, -0.1) is 6.42 Å². The number of methoxy groups -OCH3 is 1. The summed E-state index contributed by atoms with van der Waals surface area (Å²) in [5.41, 5.74) is 10.1. The summed E-state index contributed by atoms with van der Waals surface area (Å²) in [5, 5.41) is 8.55. The summed E-state index contributed by atoms with van der Waals surface area (Å²) in [6.45, 7) is 4.50. The van der Waals surface area contributed by atoms with Gasteiger partial charge in [0.1, 0.15) is 10.8 Å². The van der Waals surface area contributed by atoms with E-state index in [1.54, 1.807) is 18.0 Å². The summed E-state index contributed by atoms with van der Waals surface area (Å²) < 4.78 is 7.27. The Morgan fingerprint density at radius 1 is 1.47 bits per heavy atom. The minimum absolute atomic E-state index is 0.133. The molecule has 1 aliphatic rings. The molecule has 0 saturated carbocycles. The largest absolute Gasteiger partial charge is 0.496 e. The molecule has 1 aliphatic heterocycles. The van der Waals surface area contributed by atoms with Gasteiger partial charge in [-0.3, -0.25) is 9.78 Å². The molecule has 4 heterocycles. The van der Waals surface area contributed by atoms with E-state index in [0.717, 1.165) is 33.7 Å². The molecule has 1 unspecified atom stereocenters. The summed E-state index contributed by atoms with van der Waals surface area (Å²) in [7, 11) is 1.64. The van der Waals surface area contributed by atoms with E-state index in [1.807, 2.05) is 13.8 Å². The third kappa shape index (κ3) is 3.41. The quantitative estimate of drug-likeness (QED) is 0.465. The average molecular weight is 424 g/mol. The van der Waals surface area contributed by atoms with E-state index in [2.05, 4.69) is 26.2 Å². The zero-order chi connectivity index (χ0) is 21.4. The molecule has 1 amide bonds. The molecular weight excluding hydrogens is 402 g/mol. The molecule has 9 nitrogen and oxygen atoms in total. The number of hydrogen-bond acceptors (Lipinski definition) is 8. The molecule has 0 fully saturated rings. The van der Waals surface area contributed by atoms with Crippen LogP contribution in [-0.2, 0) is 17.8 Å². The number of amides is 1. The van der Waals surface area contributed by atoms with Gasteiger partial charge in [0.05, 0.1) is 42.2 Å². The van der Waals surface area contributed by atoms with E-state index in [-0.39, 0.29) is 23.7 Å². The van der Waals surface area contributed by atoms with Crippen LogP contribution in [0.2, 0.25) is 0 Å². The Bertz CT molecular complexity index is 1200. The fourth-order valence-electron chi connectivity index (χ4n) is 3.59. The number of rotatable bonds is 5. The lowest BCUT2D eigenvalue weighted by molar-refractivity contribution is -0.120. The predicted octanol–water partition coefficient (Wildman–Crippen LogP) is 1.24. The van der Waals surface area contributed by atoms with Crippen molar-refractivity contribution < 1.29 is 9.53 Å². The molecule has 0 aromatic carbocycles. The third-order valence-corrected chi connectivity index (χ3v) is 6.17. The number of anilines is 1. The summed E-state index contributed by atoms with van der Waals surface area (Å²) in [6, 6.07) is 0. The second-order valence-corrected chi connectivity index (χ2v) is 8.16. The number of carbonyl (C=O) groups excluding carboxylic acids is 1. The fraction of sp³-hybridized carbons (Fsp3) is 0.350. The molecule has 0 spiro atoms. The van der Waals surface area contributed by atoms with Gasteiger partial charge in [0.2, 0.25) is 11.9 Å². The zero-order valence-electron chi connectivity index (χ0n) is 16.9. The first-order valence-corrected chi connectivity index (χ1v) is 10.2. The normalized spacial score (nSPS) is 15.1.